The van der Waals surface area contributed by atoms with E-state index in [9.17, 15) is 31.9 Å². The number of rotatable bonds is 9. The second-order valence-corrected chi connectivity index (χ2v) is 9.71. The quantitative estimate of drug-likeness (QED) is 0.339. The summed E-state index contributed by atoms with van der Waals surface area (Å²) in [5.41, 5.74) is 2.87. The molecule has 0 aliphatic rings. The summed E-state index contributed by atoms with van der Waals surface area (Å²) in [5.74, 6) is -0.559. The predicted molar refractivity (Wildman–Crippen MR) is 128 cm³/mol. The van der Waals surface area contributed by atoms with Gasteiger partial charge in [-0.05, 0) is 45.7 Å². The maximum atomic E-state index is 13.4. The number of nitrogens with zero attached hydrogens (tertiary/aromatic N) is 6. The Morgan fingerprint density at radius 3 is 2.24 bits per heavy atom. The number of amides is 1. The van der Waals surface area contributed by atoms with E-state index in [4.69, 9.17) is 5.73 Å². The fourth-order valence-electron chi connectivity index (χ4n) is 3.46. The summed E-state index contributed by atoms with van der Waals surface area (Å²) in [6, 6.07) is -0.285. The first-order valence-corrected chi connectivity index (χ1v) is 11.1. The highest BCUT2D eigenvalue weighted by Gasteiger charge is 2.36. The molecule has 1 atom stereocenters. The molecule has 3 aromatic heterocycles. The number of aromatic nitrogens is 6. The van der Waals surface area contributed by atoms with Crippen LogP contribution < -0.4 is 11.1 Å². The van der Waals surface area contributed by atoms with Gasteiger partial charge in [0.15, 0.2) is 11.5 Å². The lowest BCUT2D eigenvalue weighted by atomic mass is 10.0. The van der Waals surface area contributed by atoms with E-state index in [1.807, 2.05) is 0 Å². The van der Waals surface area contributed by atoms with Crippen LogP contribution in [0, 0.1) is 0 Å². The maximum absolute atomic E-state index is 13.4. The number of carbonyl (C=O) groups is 1. The van der Waals surface area contributed by atoms with Crippen molar-refractivity contribution in [1.29, 1.82) is 0 Å². The summed E-state index contributed by atoms with van der Waals surface area (Å²) in [6.45, 7) is 3.05. The van der Waals surface area contributed by atoms with Gasteiger partial charge in [0.2, 0.25) is 5.91 Å². The van der Waals surface area contributed by atoms with Crippen molar-refractivity contribution < 1.29 is 31.9 Å². The van der Waals surface area contributed by atoms with Crippen LogP contribution in [0.1, 0.15) is 51.3 Å². The van der Waals surface area contributed by atoms with Crippen LogP contribution in [0.4, 0.5) is 22.0 Å². The molecule has 3 heterocycles. The first-order chi connectivity index (χ1) is 17.0. The summed E-state index contributed by atoms with van der Waals surface area (Å²) in [7, 11) is 0. The number of hydrogen-bond acceptors (Lipinski definition) is 7. The number of alkyl halides is 5. The van der Waals surface area contributed by atoms with Gasteiger partial charge in [-0.1, -0.05) is 0 Å². The van der Waals surface area contributed by atoms with Gasteiger partial charge < -0.3 is 16.2 Å². The lowest BCUT2D eigenvalue weighted by Crippen LogP contribution is -2.53. The standard InChI is InChI=1S/C22H27F5N8O2.ClH/c1-20(2,32-17(36)14(28)5-12-7-31-34(10-12)19(23)24)11-35-15(6-16(33-35)22(25,26)27)13-8-29-18(30-9-13)21(3,4)37;/h6-10,14,19,37H,5,11,28H2,1-4H3,(H,32,36);1H/t14-;/m1./s1. The number of nitrogens with two attached hydrogens (primary N) is 1. The van der Waals surface area contributed by atoms with Gasteiger partial charge >= 0.3 is 12.7 Å². The summed E-state index contributed by atoms with van der Waals surface area (Å²) in [4.78, 5) is 20.8. The fourth-order valence-corrected chi connectivity index (χ4v) is 3.46. The first kappa shape index (κ1) is 31.1. The molecule has 3 aromatic rings. The third-order valence-corrected chi connectivity index (χ3v) is 5.22. The SMILES string of the molecule is CC(C)(Cn1nc(C(F)(F)F)cc1-c1cnc(C(C)(C)O)nc1)NC(=O)[C@H](N)Cc1cnn(C(F)F)c1.Cl. The lowest BCUT2D eigenvalue weighted by molar-refractivity contribution is -0.141. The molecule has 0 aromatic carbocycles. The van der Waals surface area contributed by atoms with Crippen molar-refractivity contribution in [3.05, 3.63) is 47.9 Å². The molecule has 16 heteroatoms. The summed E-state index contributed by atoms with van der Waals surface area (Å²) in [6.07, 6.45) is -0.0194. The first-order valence-electron chi connectivity index (χ1n) is 11.1. The molecular formula is C22H28ClF5N8O2. The van der Waals surface area contributed by atoms with Crippen LogP contribution in [-0.4, -0.2) is 52.1 Å². The Balaban J connectivity index is 0.00000507. The molecule has 0 aliphatic heterocycles. The third kappa shape index (κ3) is 7.68. The maximum Gasteiger partial charge on any atom is 0.435 e. The van der Waals surface area contributed by atoms with E-state index in [-0.39, 0.29) is 42.5 Å². The normalized spacial score (nSPS) is 13.4. The van der Waals surface area contributed by atoms with Gasteiger partial charge in [-0.3, -0.25) is 9.48 Å². The van der Waals surface area contributed by atoms with Crippen LogP contribution in [0.15, 0.2) is 30.9 Å². The van der Waals surface area contributed by atoms with Crippen molar-refractivity contribution in [2.24, 2.45) is 5.73 Å². The smallest absolute Gasteiger partial charge is 0.382 e. The summed E-state index contributed by atoms with van der Waals surface area (Å²) in [5, 5.41) is 19.9. The summed E-state index contributed by atoms with van der Waals surface area (Å²) < 4.78 is 67.2. The zero-order valence-corrected chi connectivity index (χ0v) is 21.7. The molecule has 1 amide bonds. The molecule has 0 fully saturated rings. The second-order valence-electron chi connectivity index (χ2n) is 9.71. The molecule has 0 aliphatic carbocycles. The van der Waals surface area contributed by atoms with Crippen molar-refractivity contribution >= 4 is 18.3 Å². The van der Waals surface area contributed by atoms with Crippen molar-refractivity contribution in [2.75, 3.05) is 0 Å². The van der Waals surface area contributed by atoms with Crippen LogP contribution in [-0.2, 0) is 29.5 Å². The molecule has 0 bridgehead atoms. The Morgan fingerprint density at radius 1 is 1.13 bits per heavy atom. The Labute approximate surface area is 220 Å². The molecule has 3 rings (SSSR count). The summed E-state index contributed by atoms with van der Waals surface area (Å²) >= 11 is 0. The van der Waals surface area contributed by atoms with Crippen LogP contribution >= 0.6 is 12.4 Å². The second kappa shape index (κ2) is 11.3. The minimum absolute atomic E-state index is 0. The number of halogens is 6. The van der Waals surface area contributed by atoms with E-state index in [1.54, 1.807) is 13.8 Å². The topological polar surface area (TPSA) is 137 Å². The third-order valence-electron chi connectivity index (χ3n) is 5.22. The van der Waals surface area contributed by atoms with E-state index < -0.39 is 41.5 Å². The van der Waals surface area contributed by atoms with Gasteiger partial charge in [-0.2, -0.15) is 32.1 Å². The predicted octanol–water partition coefficient (Wildman–Crippen LogP) is 3.06. The Hall–Kier alpha value is -3.17. The van der Waals surface area contributed by atoms with E-state index >= 15 is 0 Å². The molecule has 0 unspecified atom stereocenters. The Kier molecular flexibility index (Phi) is 9.23. The van der Waals surface area contributed by atoms with Crippen molar-refractivity contribution in [3.63, 3.8) is 0 Å². The molecule has 4 N–H and O–H groups in total. The molecular weight excluding hydrogens is 539 g/mol. The van der Waals surface area contributed by atoms with Crippen molar-refractivity contribution in [3.8, 4) is 11.3 Å². The molecule has 38 heavy (non-hydrogen) atoms. The largest absolute Gasteiger partial charge is 0.435 e. The van der Waals surface area contributed by atoms with Gasteiger partial charge in [0.25, 0.3) is 0 Å². The zero-order valence-electron chi connectivity index (χ0n) is 20.9. The molecule has 0 saturated heterocycles. The van der Waals surface area contributed by atoms with Crippen LogP contribution in [0.25, 0.3) is 11.3 Å². The lowest BCUT2D eigenvalue weighted by Gasteiger charge is -2.28. The highest BCUT2D eigenvalue weighted by molar-refractivity contribution is 5.85. The number of aliphatic hydroxyl groups is 1. The molecule has 210 valence electrons. The van der Waals surface area contributed by atoms with E-state index in [1.165, 1.54) is 32.4 Å². The van der Waals surface area contributed by atoms with Gasteiger partial charge in [-0.25, -0.2) is 14.6 Å². The van der Waals surface area contributed by atoms with Gasteiger partial charge in [0, 0.05) is 24.2 Å². The van der Waals surface area contributed by atoms with Crippen LogP contribution in [0.5, 0.6) is 0 Å². The van der Waals surface area contributed by atoms with Gasteiger partial charge in [-0.15, -0.1) is 12.4 Å². The highest BCUT2D eigenvalue weighted by Crippen LogP contribution is 2.32. The van der Waals surface area contributed by atoms with E-state index in [0.29, 0.717) is 10.2 Å². The zero-order chi connectivity index (χ0) is 27.8. The molecule has 10 nitrogen and oxygen atoms in total. The number of hydrogen-bond donors (Lipinski definition) is 3. The fraction of sp³-hybridized carbons (Fsp3) is 0.500. The molecule has 0 spiro atoms. The van der Waals surface area contributed by atoms with Crippen molar-refractivity contribution in [2.45, 2.75) is 70.6 Å². The minimum atomic E-state index is -4.73. The minimum Gasteiger partial charge on any atom is -0.382 e. The van der Waals surface area contributed by atoms with Gasteiger partial charge in [0.05, 0.1) is 30.0 Å². The number of nitrogens with one attached hydrogen (secondary N) is 1. The average molecular weight is 567 g/mol. The van der Waals surface area contributed by atoms with Gasteiger partial charge in [0.1, 0.15) is 5.60 Å². The highest BCUT2D eigenvalue weighted by atomic mass is 35.5. The monoisotopic (exact) mass is 566 g/mol. The van der Waals surface area contributed by atoms with Crippen LogP contribution in [0.3, 0.4) is 0 Å². The average Bonchev–Trinajstić information content (AvgIpc) is 3.39. The van der Waals surface area contributed by atoms with Crippen LogP contribution in [0.2, 0.25) is 0 Å². The Morgan fingerprint density at radius 2 is 1.74 bits per heavy atom. The molecule has 0 saturated carbocycles. The van der Waals surface area contributed by atoms with Crippen molar-refractivity contribution in [1.82, 2.24) is 34.8 Å². The van der Waals surface area contributed by atoms with E-state index in [2.05, 4.69) is 25.5 Å². The Bertz CT molecular complexity index is 1240. The van der Waals surface area contributed by atoms with E-state index in [0.717, 1.165) is 16.9 Å². The number of carbonyl (C=O) groups excluding carboxylic acids is 1. The molecule has 0 radical (unpaired) electrons.